The molecule has 3 aromatic rings. The van der Waals surface area contributed by atoms with E-state index in [0.29, 0.717) is 5.69 Å². The monoisotopic (exact) mass is 431 g/mol. The summed E-state index contributed by atoms with van der Waals surface area (Å²) in [6.45, 7) is 2.90. The Morgan fingerprint density at radius 1 is 0.906 bits per heavy atom. The predicted molar refractivity (Wildman–Crippen MR) is 121 cm³/mol. The SMILES string of the molecule is O=C1C[C@H]([NH+]2CCN(c3ccc([N+](=O)[O-])cc3)CC2)C(=O)N1c1cccc2ccccc12. The molecule has 0 radical (unpaired) electrons. The van der Waals surface area contributed by atoms with Gasteiger partial charge in [-0.3, -0.25) is 19.7 Å². The van der Waals surface area contributed by atoms with E-state index in [1.165, 1.54) is 17.0 Å². The Morgan fingerprint density at radius 2 is 1.59 bits per heavy atom. The molecule has 1 atom stereocenters. The molecule has 32 heavy (non-hydrogen) atoms. The summed E-state index contributed by atoms with van der Waals surface area (Å²) >= 11 is 0. The first-order valence-corrected chi connectivity index (χ1v) is 10.7. The molecule has 1 N–H and O–H groups in total. The largest absolute Gasteiger partial charge is 0.360 e. The van der Waals surface area contributed by atoms with Gasteiger partial charge in [0.1, 0.15) is 0 Å². The molecule has 2 fully saturated rings. The maximum absolute atomic E-state index is 13.3. The Kier molecular flexibility index (Phi) is 5.07. The lowest BCUT2D eigenvalue weighted by atomic mass is 10.1. The van der Waals surface area contributed by atoms with E-state index in [0.717, 1.165) is 47.5 Å². The van der Waals surface area contributed by atoms with E-state index >= 15 is 0 Å². The predicted octanol–water partition coefficient (Wildman–Crippen LogP) is 1.79. The number of imide groups is 1. The molecule has 162 valence electrons. The molecule has 0 unspecified atom stereocenters. The number of nitrogens with zero attached hydrogens (tertiary/aromatic N) is 3. The van der Waals surface area contributed by atoms with Crippen molar-refractivity contribution in [2.24, 2.45) is 0 Å². The number of nitrogens with one attached hydrogen (secondary N) is 1. The third kappa shape index (κ3) is 3.48. The smallest absolute Gasteiger partial charge is 0.292 e. The van der Waals surface area contributed by atoms with Gasteiger partial charge in [0.25, 0.3) is 11.6 Å². The number of fused-ring (bicyclic) bond motifs is 1. The molecule has 2 saturated heterocycles. The molecule has 0 saturated carbocycles. The Bertz CT molecular complexity index is 1200. The summed E-state index contributed by atoms with van der Waals surface area (Å²) in [5, 5.41) is 12.8. The molecule has 2 aliphatic rings. The van der Waals surface area contributed by atoms with Crippen molar-refractivity contribution < 1.29 is 19.4 Å². The number of piperazine rings is 1. The molecular weight excluding hydrogens is 408 g/mol. The first kappa shape index (κ1) is 20.1. The van der Waals surface area contributed by atoms with Crippen LogP contribution in [0.25, 0.3) is 10.8 Å². The van der Waals surface area contributed by atoms with Crippen LogP contribution >= 0.6 is 0 Å². The number of rotatable bonds is 4. The van der Waals surface area contributed by atoms with Gasteiger partial charge in [-0.25, -0.2) is 4.90 Å². The minimum atomic E-state index is -0.406. The molecule has 2 amide bonds. The first-order chi connectivity index (χ1) is 15.5. The van der Waals surface area contributed by atoms with Crippen LogP contribution in [0.3, 0.4) is 0 Å². The van der Waals surface area contributed by atoms with Gasteiger partial charge in [-0.1, -0.05) is 36.4 Å². The number of nitro groups is 1. The van der Waals surface area contributed by atoms with Gasteiger partial charge in [0.15, 0.2) is 6.04 Å². The van der Waals surface area contributed by atoms with E-state index in [1.807, 2.05) is 42.5 Å². The van der Waals surface area contributed by atoms with Crippen molar-refractivity contribution in [1.82, 2.24) is 0 Å². The van der Waals surface area contributed by atoms with Crippen LogP contribution in [0.2, 0.25) is 0 Å². The van der Waals surface area contributed by atoms with Crippen LogP contribution in [0.4, 0.5) is 17.1 Å². The number of benzene rings is 3. The van der Waals surface area contributed by atoms with Gasteiger partial charge >= 0.3 is 0 Å². The maximum atomic E-state index is 13.3. The lowest BCUT2D eigenvalue weighted by Crippen LogP contribution is -3.19. The zero-order valence-electron chi connectivity index (χ0n) is 17.4. The van der Waals surface area contributed by atoms with Crippen LogP contribution in [0.15, 0.2) is 66.7 Å². The maximum Gasteiger partial charge on any atom is 0.292 e. The number of amides is 2. The van der Waals surface area contributed by atoms with E-state index in [9.17, 15) is 19.7 Å². The number of quaternary nitrogens is 1. The van der Waals surface area contributed by atoms with Gasteiger partial charge in [0.2, 0.25) is 5.91 Å². The minimum Gasteiger partial charge on any atom is -0.360 e. The van der Waals surface area contributed by atoms with Crippen molar-refractivity contribution in [3.8, 4) is 0 Å². The van der Waals surface area contributed by atoms with E-state index in [1.54, 1.807) is 12.1 Å². The van der Waals surface area contributed by atoms with Gasteiger partial charge in [-0.15, -0.1) is 0 Å². The molecule has 0 aliphatic carbocycles. The number of anilines is 2. The van der Waals surface area contributed by atoms with E-state index in [4.69, 9.17) is 0 Å². The molecule has 8 heteroatoms. The molecule has 0 bridgehead atoms. The zero-order valence-corrected chi connectivity index (χ0v) is 17.4. The Morgan fingerprint density at radius 3 is 2.31 bits per heavy atom. The van der Waals surface area contributed by atoms with Crippen molar-refractivity contribution >= 4 is 39.6 Å². The van der Waals surface area contributed by atoms with Gasteiger partial charge < -0.3 is 9.80 Å². The fourth-order valence-corrected chi connectivity index (χ4v) is 4.79. The Labute approximate surface area is 184 Å². The Hall–Kier alpha value is -3.78. The second-order valence-electron chi connectivity index (χ2n) is 8.24. The third-order valence-corrected chi connectivity index (χ3v) is 6.48. The topological polar surface area (TPSA) is 88.2 Å². The lowest BCUT2D eigenvalue weighted by molar-refractivity contribution is -0.915. The summed E-state index contributed by atoms with van der Waals surface area (Å²) in [6.07, 6.45) is 0.217. The second-order valence-corrected chi connectivity index (χ2v) is 8.24. The molecule has 0 spiro atoms. The van der Waals surface area contributed by atoms with E-state index < -0.39 is 4.92 Å². The third-order valence-electron chi connectivity index (χ3n) is 6.48. The fraction of sp³-hybridized carbons (Fsp3) is 0.250. The van der Waals surface area contributed by atoms with Crippen LogP contribution in [-0.2, 0) is 9.59 Å². The van der Waals surface area contributed by atoms with Crippen molar-refractivity contribution in [3.63, 3.8) is 0 Å². The van der Waals surface area contributed by atoms with Crippen LogP contribution in [0.5, 0.6) is 0 Å². The van der Waals surface area contributed by atoms with Crippen LogP contribution < -0.4 is 14.7 Å². The van der Waals surface area contributed by atoms with Crippen molar-refractivity contribution in [2.45, 2.75) is 12.5 Å². The molecule has 3 aromatic carbocycles. The molecule has 2 heterocycles. The second kappa shape index (κ2) is 8.05. The van der Waals surface area contributed by atoms with Gasteiger partial charge in [-0.2, -0.15) is 0 Å². The van der Waals surface area contributed by atoms with Crippen molar-refractivity contribution in [1.29, 1.82) is 0 Å². The van der Waals surface area contributed by atoms with Gasteiger partial charge in [0.05, 0.1) is 43.2 Å². The van der Waals surface area contributed by atoms with Crippen molar-refractivity contribution in [3.05, 3.63) is 76.8 Å². The highest BCUT2D eigenvalue weighted by Gasteiger charge is 2.46. The molecule has 5 rings (SSSR count). The van der Waals surface area contributed by atoms with E-state index in [-0.39, 0.29) is 30.0 Å². The van der Waals surface area contributed by atoms with Crippen LogP contribution in [-0.4, -0.2) is 49.0 Å². The highest BCUT2D eigenvalue weighted by Crippen LogP contribution is 2.30. The normalized spacial score (nSPS) is 19.7. The summed E-state index contributed by atoms with van der Waals surface area (Å²) in [6, 6.07) is 19.6. The van der Waals surface area contributed by atoms with Gasteiger partial charge in [-0.05, 0) is 23.6 Å². The fourth-order valence-electron chi connectivity index (χ4n) is 4.79. The summed E-state index contributed by atoms with van der Waals surface area (Å²) in [5.41, 5.74) is 1.66. The molecule has 2 aliphatic heterocycles. The number of nitro benzene ring substituents is 1. The van der Waals surface area contributed by atoms with E-state index in [2.05, 4.69) is 4.90 Å². The first-order valence-electron chi connectivity index (χ1n) is 10.7. The number of carbonyl (C=O) groups excluding carboxylic acids is 2. The summed E-state index contributed by atoms with van der Waals surface area (Å²) in [4.78, 5) is 41.3. The number of hydrogen-bond donors (Lipinski definition) is 1. The lowest BCUT2D eigenvalue weighted by Gasteiger charge is -2.35. The average molecular weight is 431 g/mol. The van der Waals surface area contributed by atoms with Crippen LogP contribution in [0.1, 0.15) is 6.42 Å². The zero-order chi connectivity index (χ0) is 22.2. The standard InChI is InChI=1S/C24H22N4O4/c29-23-16-22(24(30)27(23)21-7-3-5-17-4-1-2-6-20(17)21)26-14-12-25(13-15-26)18-8-10-19(11-9-18)28(31)32/h1-11,22H,12-16H2/p+1/t22-/m0/s1. The highest BCUT2D eigenvalue weighted by molar-refractivity contribution is 6.24. The average Bonchev–Trinajstić information content (AvgIpc) is 3.12. The Balaban J connectivity index is 1.30. The summed E-state index contributed by atoms with van der Waals surface area (Å²) in [5.74, 6) is -0.285. The number of hydrogen-bond acceptors (Lipinski definition) is 5. The number of carbonyl (C=O) groups is 2. The molecule has 8 nitrogen and oxygen atoms in total. The summed E-state index contributed by atoms with van der Waals surface area (Å²) in [7, 11) is 0. The minimum absolute atomic E-state index is 0.0709. The van der Waals surface area contributed by atoms with Crippen LogP contribution in [0, 0.1) is 10.1 Å². The molecule has 0 aromatic heterocycles. The number of non-ortho nitro benzene ring substituents is 1. The highest BCUT2D eigenvalue weighted by atomic mass is 16.6. The molecular formula is C24H23N4O4+. The quantitative estimate of drug-likeness (QED) is 0.387. The van der Waals surface area contributed by atoms with Gasteiger partial charge in [0, 0.05) is 23.2 Å². The van der Waals surface area contributed by atoms with Crippen molar-refractivity contribution in [2.75, 3.05) is 36.0 Å². The summed E-state index contributed by atoms with van der Waals surface area (Å²) < 4.78 is 0.